The van der Waals surface area contributed by atoms with Gasteiger partial charge in [-0.1, -0.05) is 11.6 Å². The SMILES string of the molecule is COc1ccc(Cl)cc1C(=O)Nc1ccc(O)c(F)c1. The number of phenols is 1. The Bertz CT molecular complexity index is 661. The van der Waals surface area contributed by atoms with Crippen molar-refractivity contribution in [2.24, 2.45) is 0 Å². The number of amides is 1. The van der Waals surface area contributed by atoms with Gasteiger partial charge in [-0.15, -0.1) is 0 Å². The molecule has 2 rings (SSSR count). The molecule has 0 aromatic heterocycles. The van der Waals surface area contributed by atoms with E-state index in [1.807, 2.05) is 0 Å². The number of anilines is 1. The van der Waals surface area contributed by atoms with Crippen LogP contribution in [0.15, 0.2) is 36.4 Å². The van der Waals surface area contributed by atoms with Crippen molar-refractivity contribution >= 4 is 23.2 Å². The average Bonchev–Trinajstić information content (AvgIpc) is 2.43. The van der Waals surface area contributed by atoms with E-state index in [4.69, 9.17) is 21.4 Å². The monoisotopic (exact) mass is 295 g/mol. The number of aromatic hydroxyl groups is 1. The molecule has 2 aromatic carbocycles. The lowest BCUT2D eigenvalue weighted by atomic mass is 10.2. The van der Waals surface area contributed by atoms with Crippen LogP contribution in [0.1, 0.15) is 10.4 Å². The van der Waals surface area contributed by atoms with Crippen molar-refractivity contribution in [1.29, 1.82) is 0 Å². The molecule has 0 saturated carbocycles. The highest BCUT2D eigenvalue weighted by Gasteiger charge is 2.14. The fraction of sp³-hybridized carbons (Fsp3) is 0.0714. The molecule has 0 radical (unpaired) electrons. The van der Waals surface area contributed by atoms with Gasteiger partial charge in [-0.05, 0) is 30.3 Å². The number of ether oxygens (including phenoxy) is 1. The normalized spacial score (nSPS) is 10.2. The molecule has 0 aliphatic heterocycles. The smallest absolute Gasteiger partial charge is 0.259 e. The fourth-order valence-corrected chi connectivity index (χ4v) is 1.81. The van der Waals surface area contributed by atoms with E-state index < -0.39 is 17.5 Å². The van der Waals surface area contributed by atoms with Gasteiger partial charge in [0.2, 0.25) is 0 Å². The summed E-state index contributed by atoms with van der Waals surface area (Å²) in [7, 11) is 1.43. The molecule has 104 valence electrons. The van der Waals surface area contributed by atoms with Crippen LogP contribution in [0.5, 0.6) is 11.5 Å². The number of phenolic OH excluding ortho intramolecular Hbond substituents is 1. The van der Waals surface area contributed by atoms with Gasteiger partial charge in [-0.25, -0.2) is 4.39 Å². The molecule has 0 spiro atoms. The molecule has 0 fully saturated rings. The number of methoxy groups -OCH3 is 1. The fourth-order valence-electron chi connectivity index (χ4n) is 1.64. The summed E-state index contributed by atoms with van der Waals surface area (Å²) < 4.78 is 18.3. The van der Waals surface area contributed by atoms with Gasteiger partial charge in [0.05, 0.1) is 12.7 Å². The van der Waals surface area contributed by atoms with Crippen LogP contribution in [0, 0.1) is 5.82 Å². The highest BCUT2D eigenvalue weighted by atomic mass is 35.5. The van der Waals surface area contributed by atoms with Gasteiger partial charge in [0.1, 0.15) is 5.75 Å². The van der Waals surface area contributed by atoms with Gasteiger partial charge in [0, 0.05) is 16.8 Å². The summed E-state index contributed by atoms with van der Waals surface area (Å²) in [5, 5.41) is 12.0. The zero-order valence-electron chi connectivity index (χ0n) is 10.5. The van der Waals surface area contributed by atoms with Crippen molar-refractivity contribution < 1.29 is 19.0 Å². The minimum absolute atomic E-state index is 0.215. The minimum Gasteiger partial charge on any atom is -0.505 e. The lowest BCUT2D eigenvalue weighted by Gasteiger charge is -2.10. The van der Waals surface area contributed by atoms with Crippen LogP contribution < -0.4 is 10.1 Å². The molecular formula is C14H11ClFNO3. The molecule has 0 aliphatic carbocycles. The maximum absolute atomic E-state index is 13.2. The van der Waals surface area contributed by atoms with Crippen LogP contribution in [-0.2, 0) is 0 Å². The third-order valence-electron chi connectivity index (χ3n) is 2.61. The van der Waals surface area contributed by atoms with E-state index >= 15 is 0 Å². The molecular weight excluding hydrogens is 285 g/mol. The van der Waals surface area contributed by atoms with Crippen molar-refractivity contribution in [1.82, 2.24) is 0 Å². The first kappa shape index (κ1) is 14.1. The third-order valence-corrected chi connectivity index (χ3v) is 2.85. The van der Waals surface area contributed by atoms with Crippen LogP contribution in [0.2, 0.25) is 5.02 Å². The maximum atomic E-state index is 13.2. The van der Waals surface area contributed by atoms with Crippen molar-refractivity contribution in [3.63, 3.8) is 0 Å². The topological polar surface area (TPSA) is 58.6 Å². The first-order chi connectivity index (χ1) is 9.51. The second-order valence-electron chi connectivity index (χ2n) is 3.96. The van der Waals surface area contributed by atoms with Crippen molar-refractivity contribution in [3.8, 4) is 11.5 Å². The van der Waals surface area contributed by atoms with Crippen LogP contribution in [-0.4, -0.2) is 18.1 Å². The number of halogens is 2. The average molecular weight is 296 g/mol. The van der Waals surface area contributed by atoms with Crippen LogP contribution in [0.3, 0.4) is 0 Å². The first-order valence-corrected chi connectivity index (χ1v) is 6.02. The molecule has 0 atom stereocenters. The second-order valence-corrected chi connectivity index (χ2v) is 4.40. The van der Waals surface area contributed by atoms with E-state index in [-0.39, 0.29) is 11.3 Å². The van der Waals surface area contributed by atoms with Crippen molar-refractivity contribution in [2.45, 2.75) is 0 Å². The minimum atomic E-state index is -0.819. The number of nitrogens with one attached hydrogen (secondary N) is 1. The molecule has 0 aliphatic rings. The van der Waals surface area contributed by atoms with Crippen molar-refractivity contribution in [3.05, 3.63) is 52.8 Å². The zero-order chi connectivity index (χ0) is 14.7. The molecule has 4 nitrogen and oxygen atoms in total. The van der Waals surface area contributed by atoms with Gasteiger partial charge in [-0.2, -0.15) is 0 Å². The molecule has 2 N–H and O–H groups in total. The van der Waals surface area contributed by atoms with Crippen LogP contribution in [0.25, 0.3) is 0 Å². The summed E-state index contributed by atoms with van der Waals surface area (Å²) in [6.45, 7) is 0. The molecule has 0 unspecified atom stereocenters. The van der Waals surface area contributed by atoms with Crippen LogP contribution >= 0.6 is 11.6 Å². The Labute approximate surface area is 119 Å². The maximum Gasteiger partial charge on any atom is 0.259 e. The predicted octanol–water partition coefficient (Wildman–Crippen LogP) is 3.45. The Morgan fingerprint density at radius 2 is 2.05 bits per heavy atom. The van der Waals surface area contributed by atoms with Gasteiger partial charge in [0.25, 0.3) is 5.91 Å². The summed E-state index contributed by atoms with van der Waals surface area (Å²) in [5.74, 6) is -1.44. The number of carbonyl (C=O) groups excluding carboxylic acids is 1. The summed E-state index contributed by atoms with van der Waals surface area (Å²) >= 11 is 5.84. The lowest BCUT2D eigenvalue weighted by molar-refractivity contribution is 0.102. The van der Waals surface area contributed by atoms with Crippen molar-refractivity contribution in [2.75, 3.05) is 12.4 Å². The molecule has 1 amide bonds. The third kappa shape index (κ3) is 3.00. The van der Waals surface area contributed by atoms with Gasteiger partial charge in [0.15, 0.2) is 11.6 Å². The number of rotatable bonds is 3. The number of benzene rings is 2. The molecule has 0 heterocycles. The Morgan fingerprint density at radius 1 is 1.30 bits per heavy atom. The second kappa shape index (κ2) is 5.79. The largest absolute Gasteiger partial charge is 0.505 e. The Morgan fingerprint density at radius 3 is 2.70 bits per heavy atom. The number of hydrogen-bond donors (Lipinski definition) is 2. The molecule has 0 bridgehead atoms. The van der Waals surface area contributed by atoms with E-state index in [1.165, 1.54) is 19.2 Å². The van der Waals surface area contributed by atoms with Gasteiger partial charge < -0.3 is 15.2 Å². The lowest BCUT2D eigenvalue weighted by Crippen LogP contribution is -2.13. The summed E-state index contributed by atoms with van der Waals surface area (Å²) in [4.78, 5) is 12.1. The number of hydrogen-bond acceptors (Lipinski definition) is 3. The summed E-state index contributed by atoms with van der Waals surface area (Å²) in [6.07, 6.45) is 0. The zero-order valence-corrected chi connectivity index (χ0v) is 11.2. The van der Waals surface area contributed by atoms with E-state index in [0.29, 0.717) is 10.8 Å². The Balaban J connectivity index is 2.27. The van der Waals surface area contributed by atoms with E-state index in [0.717, 1.165) is 12.1 Å². The van der Waals surface area contributed by atoms with E-state index in [2.05, 4.69) is 5.32 Å². The molecule has 2 aromatic rings. The highest BCUT2D eigenvalue weighted by molar-refractivity contribution is 6.31. The Hall–Kier alpha value is -2.27. The van der Waals surface area contributed by atoms with E-state index in [9.17, 15) is 9.18 Å². The van der Waals surface area contributed by atoms with Gasteiger partial charge >= 0.3 is 0 Å². The summed E-state index contributed by atoms with van der Waals surface area (Å²) in [5.41, 5.74) is 0.445. The van der Waals surface area contributed by atoms with Crippen LogP contribution in [0.4, 0.5) is 10.1 Å². The van der Waals surface area contributed by atoms with Gasteiger partial charge in [-0.3, -0.25) is 4.79 Å². The summed E-state index contributed by atoms with van der Waals surface area (Å²) in [6, 6.07) is 8.16. The molecule has 0 saturated heterocycles. The quantitative estimate of drug-likeness (QED) is 0.853. The molecule has 20 heavy (non-hydrogen) atoms. The molecule has 6 heteroatoms. The standard InChI is InChI=1S/C14H11ClFNO3/c1-20-13-5-2-8(15)6-10(13)14(19)17-9-3-4-12(18)11(16)7-9/h2-7,18H,1H3,(H,17,19). The highest BCUT2D eigenvalue weighted by Crippen LogP contribution is 2.25. The van der Waals surface area contributed by atoms with E-state index in [1.54, 1.807) is 12.1 Å². The number of carbonyl (C=O) groups is 1. The Kier molecular flexibility index (Phi) is 4.10. The predicted molar refractivity (Wildman–Crippen MR) is 74.0 cm³/mol. The first-order valence-electron chi connectivity index (χ1n) is 5.64.